The maximum absolute atomic E-state index is 12.1. The number of anilines is 1. The first-order valence-corrected chi connectivity index (χ1v) is 7.94. The Morgan fingerprint density at radius 2 is 2.00 bits per heavy atom. The lowest BCUT2D eigenvalue weighted by Crippen LogP contribution is -2.34. The van der Waals surface area contributed by atoms with Crippen molar-refractivity contribution in [3.05, 3.63) is 59.1 Å². The minimum absolute atomic E-state index is 0.131. The van der Waals surface area contributed by atoms with Gasteiger partial charge in [-0.1, -0.05) is 41.9 Å². The molecule has 2 N–H and O–H groups in total. The van der Waals surface area contributed by atoms with Crippen molar-refractivity contribution in [2.24, 2.45) is 10.2 Å². The standard InChI is InChI=1S/C17H11ClN6O2/c18-11-6-7-12-13(8-11)21-16-14(20-12)22-24-17(26-16)15(25)23-19-9-10-4-2-1-3-5-10/h1-9H,(H,20,22)(H,23,25)/b19-9+. The molecule has 1 aliphatic heterocycles. The van der Waals surface area contributed by atoms with E-state index in [9.17, 15) is 4.79 Å². The number of nitrogens with one attached hydrogen (secondary N) is 2. The molecule has 4 rings (SSSR count). The summed E-state index contributed by atoms with van der Waals surface area (Å²) in [6, 6.07) is 14.4. The molecule has 0 aliphatic carbocycles. The van der Waals surface area contributed by atoms with E-state index in [1.807, 2.05) is 30.3 Å². The Morgan fingerprint density at radius 3 is 2.85 bits per heavy atom. The second kappa shape index (κ2) is 6.77. The van der Waals surface area contributed by atoms with E-state index in [2.05, 4.69) is 31.0 Å². The van der Waals surface area contributed by atoms with Crippen LogP contribution in [0.5, 0.6) is 5.88 Å². The number of benzene rings is 2. The molecule has 1 aromatic heterocycles. The van der Waals surface area contributed by atoms with Crippen LogP contribution in [0.15, 0.2) is 58.7 Å². The molecule has 0 spiro atoms. The normalized spacial score (nSPS) is 12.9. The smallest absolute Gasteiger partial charge is 0.328 e. The number of amides is 1. The number of nitrogens with zero attached hydrogens (tertiary/aromatic N) is 4. The van der Waals surface area contributed by atoms with Gasteiger partial charge in [0.15, 0.2) is 0 Å². The van der Waals surface area contributed by atoms with E-state index in [0.29, 0.717) is 21.9 Å². The van der Waals surface area contributed by atoms with Crippen LogP contribution >= 0.6 is 11.6 Å². The molecule has 26 heavy (non-hydrogen) atoms. The first-order chi connectivity index (χ1) is 12.7. The zero-order chi connectivity index (χ0) is 17.9. The monoisotopic (exact) mass is 366 g/mol. The van der Waals surface area contributed by atoms with Crippen LogP contribution in [0.3, 0.4) is 0 Å². The Balaban J connectivity index is 1.49. The lowest BCUT2D eigenvalue weighted by Gasteiger charge is -2.15. The van der Waals surface area contributed by atoms with Gasteiger partial charge in [0.1, 0.15) is 0 Å². The van der Waals surface area contributed by atoms with E-state index in [4.69, 9.17) is 16.3 Å². The van der Waals surface area contributed by atoms with Gasteiger partial charge in [0, 0.05) is 5.02 Å². The summed E-state index contributed by atoms with van der Waals surface area (Å²) in [4.78, 5) is 20.8. The molecule has 0 saturated heterocycles. The molecule has 8 nitrogen and oxygen atoms in total. The molecule has 2 aromatic carbocycles. The van der Waals surface area contributed by atoms with Crippen LogP contribution in [0.1, 0.15) is 5.56 Å². The van der Waals surface area contributed by atoms with Crippen molar-refractivity contribution in [3.63, 3.8) is 0 Å². The van der Waals surface area contributed by atoms with E-state index in [0.717, 1.165) is 5.56 Å². The SMILES string of the molecule is O=C(N/N=C/c1ccccc1)C1=NNc2nc3ccc(Cl)cc3nc2O1. The summed E-state index contributed by atoms with van der Waals surface area (Å²) < 4.78 is 5.43. The third-order valence-electron chi connectivity index (χ3n) is 3.42. The third kappa shape index (κ3) is 3.31. The molecule has 0 unspecified atom stereocenters. The van der Waals surface area contributed by atoms with E-state index in [1.54, 1.807) is 18.2 Å². The van der Waals surface area contributed by atoms with E-state index >= 15 is 0 Å². The number of carbonyl (C=O) groups is 1. The van der Waals surface area contributed by atoms with Crippen LogP contribution in [0.25, 0.3) is 11.0 Å². The molecule has 0 saturated carbocycles. The maximum Gasteiger partial charge on any atom is 0.328 e. The van der Waals surface area contributed by atoms with Crippen molar-refractivity contribution >= 4 is 46.5 Å². The summed E-state index contributed by atoms with van der Waals surface area (Å²) in [6.07, 6.45) is 1.51. The predicted octanol–water partition coefficient (Wildman–Crippen LogP) is 2.55. The highest BCUT2D eigenvalue weighted by Gasteiger charge is 2.23. The first-order valence-electron chi connectivity index (χ1n) is 7.56. The Kier molecular flexibility index (Phi) is 4.16. The average molecular weight is 367 g/mol. The van der Waals surface area contributed by atoms with Crippen LogP contribution in [-0.4, -0.2) is 28.0 Å². The van der Waals surface area contributed by atoms with Crippen LogP contribution in [0.4, 0.5) is 5.82 Å². The van der Waals surface area contributed by atoms with Crippen LogP contribution in [-0.2, 0) is 4.79 Å². The zero-order valence-electron chi connectivity index (χ0n) is 13.2. The van der Waals surface area contributed by atoms with Gasteiger partial charge in [-0.2, -0.15) is 5.10 Å². The topological polar surface area (TPSA) is 101 Å². The lowest BCUT2D eigenvalue weighted by molar-refractivity contribution is -0.115. The highest BCUT2D eigenvalue weighted by molar-refractivity contribution is 6.36. The van der Waals surface area contributed by atoms with E-state index < -0.39 is 5.91 Å². The number of ether oxygens (including phenoxy) is 1. The minimum atomic E-state index is -0.622. The minimum Gasteiger partial charge on any atom is -0.411 e. The average Bonchev–Trinajstić information content (AvgIpc) is 2.66. The van der Waals surface area contributed by atoms with E-state index in [1.165, 1.54) is 6.21 Å². The molecule has 0 radical (unpaired) electrons. The van der Waals surface area contributed by atoms with Gasteiger partial charge < -0.3 is 4.74 Å². The summed E-state index contributed by atoms with van der Waals surface area (Å²) in [6.45, 7) is 0. The summed E-state index contributed by atoms with van der Waals surface area (Å²) >= 11 is 5.96. The number of aromatic nitrogens is 2. The first kappa shape index (κ1) is 16.0. The lowest BCUT2D eigenvalue weighted by atomic mass is 10.2. The molecule has 1 aliphatic rings. The second-order valence-electron chi connectivity index (χ2n) is 5.25. The molecule has 128 valence electrons. The van der Waals surface area contributed by atoms with Crippen molar-refractivity contribution < 1.29 is 9.53 Å². The fourth-order valence-corrected chi connectivity index (χ4v) is 2.39. The molecule has 0 bridgehead atoms. The number of halogens is 1. The quantitative estimate of drug-likeness (QED) is 0.548. The summed E-state index contributed by atoms with van der Waals surface area (Å²) in [5, 5.41) is 8.24. The number of hydrogen-bond acceptors (Lipinski definition) is 7. The van der Waals surface area contributed by atoms with Gasteiger partial charge in [-0.25, -0.2) is 15.4 Å². The van der Waals surface area contributed by atoms with Crippen molar-refractivity contribution in [1.29, 1.82) is 0 Å². The third-order valence-corrected chi connectivity index (χ3v) is 3.66. The highest BCUT2D eigenvalue weighted by Crippen LogP contribution is 2.27. The summed E-state index contributed by atoms with van der Waals surface area (Å²) in [5.74, 6) is -0.405. The maximum atomic E-state index is 12.1. The Morgan fingerprint density at radius 1 is 1.15 bits per heavy atom. The Hall–Kier alpha value is -3.52. The molecule has 2 heterocycles. The number of carbonyl (C=O) groups excluding carboxylic acids is 1. The van der Waals surface area contributed by atoms with Gasteiger partial charge in [0.2, 0.25) is 5.82 Å². The van der Waals surface area contributed by atoms with Crippen molar-refractivity contribution in [2.75, 3.05) is 5.43 Å². The van der Waals surface area contributed by atoms with Gasteiger partial charge in [-0.3, -0.25) is 10.2 Å². The van der Waals surface area contributed by atoms with Gasteiger partial charge in [0.25, 0.3) is 5.88 Å². The van der Waals surface area contributed by atoms with Crippen molar-refractivity contribution in [3.8, 4) is 5.88 Å². The fraction of sp³-hybridized carbons (Fsp3) is 0. The van der Waals surface area contributed by atoms with Crippen molar-refractivity contribution in [1.82, 2.24) is 15.4 Å². The number of hydrogen-bond donors (Lipinski definition) is 2. The van der Waals surface area contributed by atoms with Gasteiger partial charge in [-0.05, 0) is 23.8 Å². The Bertz CT molecular complexity index is 1050. The van der Waals surface area contributed by atoms with Gasteiger partial charge >= 0.3 is 11.8 Å². The molecule has 9 heteroatoms. The summed E-state index contributed by atoms with van der Waals surface area (Å²) in [5.41, 5.74) is 7.01. The van der Waals surface area contributed by atoms with Crippen LogP contribution in [0, 0.1) is 0 Å². The van der Waals surface area contributed by atoms with Gasteiger partial charge in [0.05, 0.1) is 17.2 Å². The fourth-order valence-electron chi connectivity index (χ4n) is 2.22. The Labute approximate surface area is 152 Å². The number of rotatable bonds is 3. The van der Waals surface area contributed by atoms with Gasteiger partial charge in [-0.15, -0.1) is 5.10 Å². The van der Waals surface area contributed by atoms with Crippen LogP contribution < -0.4 is 15.6 Å². The second-order valence-corrected chi connectivity index (χ2v) is 5.69. The molecular formula is C17H11ClN6O2. The van der Waals surface area contributed by atoms with E-state index in [-0.39, 0.29) is 11.8 Å². The van der Waals surface area contributed by atoms with Crippen molar-refractivity contribution in [2.45, 2.75) is 0 Å². The number of fused-ring (bicyclic) bond motifs is 2. The molecule has 0 atom stereocenters. The number of hydrazone groups is 2. The van der Waals surface area contributed by atoms with Crippen LogP contribution in [0.2, 0.25) is 5.02 Å². The molecular weight excluding hydrogens is 356 g/mol. The largest absolute Gasteiger partial charge is 0.411 e. The molecule has 1 amide bonds. The highest BCUT2D eigenvalue weighted by atomic mass is 35.5. The molecule has 3 aromatic rings. The summed E-state index contributed by atoms with van der Waals surface area (Å²) in [7, 11) is 0. The predicted molar refractivity (Wildman–Crippen MR) is 98.4 cm³/mol. The zero-order valence-corrected chi connectivity index (χ0v) is 13.9. The molecule has 0 fully saturated rings.